The number of rotatable bonds is 2. The summed E-state index contributed by atoms with van der Waals surface area (Å²) in [4.78, 5) is 0. The first-order valence-electron chi connectivity index (χ1n) is 20.7. The summed E-state index contributed by atoms with van der Waals surface area (Å²) in [7, 11) is 0. The number of benzene rings is 7. The Hall–Kier alpha value is -7.64. The third-order valence-corrected chi connectivity index (χ3v) is 13.7. The van der Waals surface area contributed by atoms with E-state index in [4.69, 9.17) is 8.83 Å². The molecule has 0 unspecified atom stereocenters. The largest absolute Gasteiger partial charge is 0.455 e. The fourth-order valence-electron chi connectivity index (χ4n) is 11.1. The van der Waals surface area contributed by atoms with Gasteiger partial charge in [0.25, 0.3) is 23.7 Å². The number of hydrogen-bond donors (Lipinski definition) is 0. The molecule has 11 aromatic rings. The molecule has 0 N–H and O–H groups in total. The maximum atomic E-state index is 16.8. The Morgan fingerprint density at radius 3 is 1.46 bits per heavy atom. The first-order chi connectivity index (χ1) is 31.2. The highest BCUT2D eigenvalue weighted by molar-refractivity contribution is 6.38. The minimum Gasteiger partial charge on any atom is -0.455 e. The Balaban J connectivity index is 1.39. The van der Waals surface area contributed by atoms with Crippen molar-refractivity contribution >= 4 is 82.0 Å². The second-order valence-corrected chi connectivity index (χ2v) is 17.1. The van der Waals surface area contributed by atoms with Crippen molar-refractivity contribution in [2.45, 2.75) is 49.4 Å². The zero-order valence-electron chi connectivity index (χ0n) is 33.3. The zero-order chi connectivity index (χ0) is 44.7. The zero-order valence-corrected chi connectivity index (χ0v) is 33.3. The molecule has 13 heteroatoms. The smallest absolute Gasteiger partial charge is 0.275 e. The number of aromatic nitrogens is 1. The molecule has 0 spiro atoms. The number of nitrogens with zero attached hydrogens (tertiary/aromatic N) is 3. The van der Waals surface area contributed by atoms with Crippen LogP contribution in [0.25, 0.3) is 104 Å². The van der Waals surface area contributed by atoms with Gasteiger partial charge in [-0.15, -0.1) is 0 Å². The molecule has 13 rings (SSSR count). The second-order valence-electron chi connectivity index (χ2n) is 17.1. The number of fused-ring (bicyclic) bond motifs is 17. The Morgan fingerprint density at radius 2 is 0.908 bits per heavy atom. The molecule has 0 bridgehead atoms. The minimum absolute atomic E-state index is 0.0674. The Labute approximate surface area is 360 Å². The summed E-state index contributed by atoms with van der Waals surface area (Å²) in [5.41, 5.74) is -3.23. The van der Waals surface area contributed by atoms with Crippen molar-refractivity contribution in [3.05, 3.63) is 137 Å². The van der Waals surface area contributed by atoms with Crippen molar-refractivity contribution < 1.29 is 44.0 Å². The molecule has 0 saturated heterocycles. The minimum atomic E-state index is -3.94. The molecule has 65 heavy (non-hydrogen) atoms. The normalized spacial score (nSPS) is 17.4. The number of furan rings is 2. The summed E-state index contributed by atoms with van der Waals surface area (Å²) in [5, 5.41) is 21.5. The van der Waals surface area contributed by atoms with Crippen LogP contribution in [0, 0.1) is 22.7 Å². The van der Waals surface area contributed by atoms with E-state index in [2.05, 4.69) is 0 Å². The monoisotopic (exact) mass is 875 g/mol. The van der Waals surface area contributed by atoms with E-state index < -0.39 is 88.1 Å². The van der Waals surface area contributed by atoms with Crippen molar-refractivity contribution in [3.63, 3.8) is 0 Å². The van der Waals surface area contributed by atoms with Gasteiger partial charge in [-0.1, -0.05) is 78.9 Å². The van der Waals surface area contributed by atoms with E-state index in [0.717, 1.165) is 12.1 Å². The molecule has 0 aliphatic heterocycles. The molecule has 4 aromatic heterocycles. The highest BCUT2D eigenvalue weighted by Crippen LogP contribution is 2.61. The molecule has 0 atom stereocenters. The van der Waals surface area contributed by atoms with E-state index in [9.17, 15) is 10.5 Å². The van der Waals surface area contributed by atoms with Gasteiger partial charge in [-0.25, -0.2) is 35.1 Å². The quantitative estimate of drug-likeness (QED) is 0.162. The third-order valence-electron chi connectivity index (χ3n) is 13.7. The lowest BCUT2D eigenvalue weighted by molar-refractivity contribution is -0.0947. The molecule has 316 valence electrons. The maximum Gasteiger partial charge on any atom is 0.275 e. The third kappa shape index (κ3) is 4.64. The first-order valence-corrected chi connectivity index (χ1v) is 20.7. The van der Waals surface area contributed by atoms with Crippen LogP contribution in [0.5, 0.6) is 0 Å². The Bertz CT molecular complexity index is 4040. The number of hydrogen-bond acceptors (Lipinski definition) is 4. The van der Waals surface area contributed by atoms with Gasteiger partial charge in [0, 0.05) is 96.8 Å². The summed E-state index contributed by atoms with van der Waals surface area (Å²) in [5.74, 6) is -15.6. The van der Waals surface area contributed by atoms with Crippen molar-refractivity contribution in [2.75, 3.05) is 0 Å². The molecular formula is C52H25F8N3O2. The fraction of sp³-hybridized carbons (Fsp3) is 0.154. The highest BCUT2D eigenvalue weighted by atomic mass is 19.3. The van der Waals surface area contributed by atoms with Crippen LogP contribution in [0.15, 0.2) is 112 Å². The van der Waals surface area contributed by atoms with E-state index in [-0.39, 0.29) is 49.3 Å². The standard InChI is InChI=1S/C52H25F8N3O2/c53-49(54)15-17-51(57,58)43-36-29-21-30-38-35(25-11-5-2-6-12-25)47-37(28-13-7-8-14-33(28)64-47)34(24-9-3-1-4-10-24)48(38)65-46(30)40-39-32(63(45(29)40)31(36)19-26(22-61)41(43)49)20-27(23-62)42-44(39)52(59,60)18-16-50(42,55)56/h1-14,19-21H,15-18H2. The molecular weight excluding hydrogens is 851 g/mol. The molecule has 7 aromatic carbocycles. The lowest BCUT2D eigenvalue weighted by Gasteiger charge is -2.33. The van der Waals surface area contributed by atoms with Crippen molar-refractivity contribution in [3.8, 4) is 34.4 Å². The molecule has 5 nitrogen and oxygen atoms in total. The van der Waals surface area contributed by atoms with Gasteiger partial charge in [-0.3, -0.25) is 0 Å². The van der Waals surface area contributed by atoms with E-state index in [1.807, 2.05) is 66.7 Å². The summed E-state index contributed by atoms with van der Waals surface area (Å²) >= 11 is 0. The summed E-state index contributed by atoms with van der Waals surface area (Å²) in [6, 6.07) is 32.4. The number of nitriles is 2. The van der Waals surface area contributed by atoms with Crippen molar-refractivity contribution in [1.82, 2.24) is 4.40 Å². The van der Waals surface area contributed by atoms with Crippen molar-refractivity contribution in [1.29, 1.82) is 10.5 Å². The van der Waals surface area contributed by atoms with Gasteiger partial charge < -0.3 is 13.2 Å². The van der Waals surface area contributed by atoms with Gasteiger partial charge in [-0.05, 0) is 35.4 Å². The van der Waals surface area contributed by atoms with E-state index in [1.54, 1.807) is 30.3 Å². The van der Waals surface area contributed by atoms with Gasteiger partial charge >= 0.3 is 0 Å². The van der Waals surface area contributed by atoms with Crippen molar-refractivity contribution in [2.24, 2.45) is 0 Å². The van der Waals surface area contributed by atoms with Gasteiger partial charge in [0.15, 0.2) is 0 Å². The highest BCUT2D eigenvalue weighted by Gasteiger charge is 2.54. The van der Waals surface area contributed by atoms with Crippen LogP contribution < -0.4 is 0 Å². The van der Waals surface area contributed by atoms with Crippen LogP contribution >= 0.6 is 0 Å². The van der Waals surface area contributed by atoms with E-state index >= 15 is 35.1 Å². The van der Waals surface area contributed by atoms with Gasteiger partial charge in [0.05, 0.1) is 45.2 Å². The van der Waals surface area contributed by atoms with E-state index in [0.29, 0.717) is 49.6 Å². The van der Waals surface area contributed by atoms with Crippen LogP contribution in [0.1, 0.15) is 59.1 Å². The molecule has 2 aliphatic carbocycles. The molecule has 0 radical (unpaired) electrons. The van der Waals surface area contributed by atoms with Crippen LogP contribution in [-0.2, 0) is 23.7 Å². The number of alkyl halides is 8. The molecule has 2 aliphatic rings. The molecule has 0 amide bonds. The van der Waals surface area contributed by atoms with E-state index in [1.165, 1.54) is 10.5 Å². The Morgan fingerprint density at radius 1 is 0.446 bits per heavy atom. The van der Waals surface area contributed by atoms with Crippen LogP contribution in [0.2, 0.25) is 0 Å². The summed E-state index contributed by atoms with van der Waals surface area (Å²) in [6.45, 7) is 0. The maximum absolute atomic E-state index is 16.8. The lowest BCUT2D eigenvalue weighted by atomic mass is 9.79. The van der Waals surface area contributed by atoms with Crippen LogP contribution in [-0.4, -0.2) is 4.40 Å². The predicted octanol–water partition coefficient (Wildman–Crippen LogP) is 15.7. The SMILES string of the molecule is N#Cc1cc2c(c3c1C(F)(F)CCC3(F)F)c1cc3c(oc4c(-c5ccccc5)c5c(oc6ccccc65)c(-c5ccccc5)c43)c3c4c5c(c(C#N)cc4n2c13)C(F)(F)CCC5(F)F. The van der Waals surface area contributed by atoms with Gasteiger partial charge in [0.2, 0.25) is 0 Å². The Kier molecular flexibility index (Phi) is 7.06. The van der Waals surface area contributed by atoms with Gasteiger partial charge in [0.1, 0.15) is 22.3 Å². The number of halogens is 8. The molecule has 4 heterocycles. The lowest BCUT2D eigenvalue weighted by Crippen LogP contribution is -2.32. The average molecular weight is 876 g/mol. The fourth-order valence-corrected chi connectivity index (χ4v) is 11.1. The number of para-hydroxylation sites is 1. The first kappa shape index (κ1) is 37.9. The van der Waals surface area contributed by atoms with Crippen LogP contribution in [0.4, 0.5) is 35.1 Å². The summed E-state index contributed by atoms with van der Waals surface area (Å²) < 4.78 is 147. The predicted molar refractivity (Wildman–Crippen MR) is 230 cm³/mol. The van der Waals surface area contributed by atoms with Gasteiger partial charge in [-0.2, -0.15) is 10.5 Å². The average Bonchev–Trinajstić information content (AvgIpc) is 4.05. The molecule has 0 saturated carbocycles. The topological polar surface area (TPSA) is 78.3 Å². The summed E-state index contributed by atoms with van der Waals surface area (Å²) in [6.07, 6.45) is -5.04. The van der Waals surface area contributed by atoms with Crippen LogP contribution in [0.3, 0.4) is 0 Å². The molecule has 0 fully saturated rings. The second kappa shape index (κ2) is 12.1.